The number of pyridine rings is 1. The molecule has 0 aliphatic rings. The predicted octanol–water partition coefficient (Wildman–Crippen LogP) is 4.01. The molecule has 2 heterocycles. The molecule has 1 aromatic carbocycles. The molecule has 3 aromatic rings. The predicted molar refractivity (Wildman–Crippen MR) is 81.4 cm³/mol. The SMILES string of the molecule is CCc1cc(-c2cccc(C)c2)cnc1-c1cn[nH]c1. The van der Waals surface area contributed by atoms with E-state index in [9.17, 15) is 0 Å². The van der Waals surface area contributed by atoms with Crippen molar-refractivity contribution in [1.29, 1.82) is 0 Å². The molecule has 0 bridgehead atoms. The highest BCUT2D eigenvalue weighted by Crippen LogP contribution is 2.26. The summed E-state index contributed by atoms with van der Waals surface area (Å²) in [5.41, 5.74) is 6.93. The summed E-state index contributed by atoms with van der Waals surface area (Å²) in [6.45, 7) is 4.26. The van der Waals surface area contributed by atoms with Crippen LogP contribution in [0.15, 0.2) is 48.9 Å². The van der Waals surface area contributed by atoms with Gasteiger partial charge in [0.25, 0.3) is 0 Å². The summed E-state index contributed by atoms with van der Waals surface area (Å²) in [6.07, 6.45) is 6.59. The van der Waals surface area contributed by atoms with Crippen molar-refractivity contribution in [3.63, 3.8) is 0 Å². The lowest BCUT2D eigenvalue weighted by atomic mass is 10.00. The Morgan fingerprint density at radius 3 is 2.65 bits per heavy atom. The Hall–Kier alpha value is -2.42. The number of hydrogen-bond donors (Lipinski definition) is 1. The van der Waals surface area contributed by atoms with Gasteiger partial charge in [0.2, 0.25) is 0 Å². The fourth-order valence-electron chi connectivity index (χ4n) is 2.40. The molecule has 0 aliphatic carbocycles. The Labute approximate surface area is 118 Å². The summed E-state index contributed by atoms with van der Waals surface area (Å²) in [5.74, 6) is 0. The summed E-state index contributed by atoms with van der Waals surface area (Å²) in [7, 11) is 0. The molecule has 100 valence electrons. The number of nitrogens with one attached hydrogen (secondary N) is 1. The van der Waals surface area contributed by atoms with Crippen LogP contribution in [0, 0.1) is 6.92 Å². The summed E-state index contributed by atoms with van der Waals surface area (Å²) >= 11 is 0. The molecule has 3 rings (SSSR count). The van der Waals surface area contributed by atoms with Crippen LogP contribution >= 0.6 is 0 Å². The van der Waals surface area contributed by atoms with Crippen LogP contribution in [-0.2, 0) is 6.42 Å². The van der Waals surface area contributed by atoms with Gasteiger partial charge in [0.05, 0.1) is 11.9 Å². The van der Waals surface area contributed by atoms with Gasteiger partial charge in [0.15, 0.2) is 0 Å². The number of benzene rings is 1. The number of rotatable bonds is 3. The van der Waals surface area contributed by atoms with Crippen molar-refractivity contribution in [1.82, 2.24) is 15.2 Å². The van der Waals surface area contributed by atoms with E-state index >= 15 is 0 Å². The molecule has 0 aliphatic heterocycles. The van der Waals surface area contributed by atoms with Gasteiger partial charge >= 0.3 is 0 Å². The third kappa shape index (κ3) is 2.35. The summed E-state index contributed by atoms with van der Waals surface area (Å²) in [6, 6.07) is 10.7. The van der Waals surface area contributed by atoms with Gasteiger partial charge in [-0.05, 0) is 30.5 Å². The van der Waals surface area contributed by atoms with Gasteiger partial charge in [0, 0.05) is 23.5 Å². The van der Waals surface area contributed by atoms with E-state index in [2.05, 4.69) is 59.4 Å². The molecular formula is C17H17N3. The van der Waals surface area contributed by atoms with E-state index in [0.29, 0.717) is 0 Å². The van der Waals surface area contributed by atoms with Crippen LogP contribution in [-0.4, -0.2) is 15.2 Å². The molecule has 0 fully saturated rings. The first kappa shape index (κ1) is 12.6. The highest BCUT2D eigenvalue weighted by atomic mass is 15.1. The number of aryl methyl sites for hydroxylation is 2. The molecule has 2 aromatic heterocycles. The van der Waals surface area contributed by atoms with Crippen molar-refractivity contribution >= 4 is 0 Å². The lowest BCUT2D eigenvalue weighted by molar-refractivity contribution is 1.09. The lowest BCUT2D eigenvalue weighted by Gasteiger charge is -2.09. The molecule has 0 atom stereocenters. The molecule has 0 saturated heterocycles. The first-order valence-corrected chi connectivity index (χ1v) is 6.83. The van der Waals surface area contributed by atoms with E-state index in [4.69, 9.17) is 0 Å². The van der Waals surface area contributed by atoms with Gasteiger partial charge in [0.1, 0.15) is 0 Å². The summed E-state index contributed by atoms with van der Waals surface area (Å²) in [5, 5.41) is 6.84. The average molecular weight is 263 g/mol. The number of aromatic amines is 1. The van der Waals surface area contributed by atoms with Gasteiger partial charge in [-0.2, -0.15) is 5.10 Å². The Balaban J connectivity index is 2.08. The fourth-order valence-corrected chi connectivity index (χ4v) is 2.40. The smallest absolute Gasteiger partial charge is 0.0765 e. The first-order valence-electron chi connectivity index (χ1n) is 6.83. The Morgan fingerprint density at radius 1 is 1.05 bits per heavy atom. The van der Waals surface area contributed by atoms with E-state index in [-0.39, 0.29) is 0 Å². The quantitative estimate of drug-likeness (QED) is 0.775. The summed E-state index contributed by atoms with van der Waals surface area (Å²) < 4.78 is 0. The minimum Gasteiger partial charge on any atom is -0.285 e. The number of aromatic nitrogens is 3. The molecule has 1 N–H and O–H groups in total. The zero-order chi connectivity index (χ0) is 13.9. The molecule has 0 radical (unpaired) electrons. The van der Waals surface area contributed by atoms with Crippen LogP contribution in [0.2, 0.25) is 0 Å². The van der Waals surface area contributed by atoms with E-state index in [1.54, 1.807) is 0 Å². The maximum absolute atomic E-state index is 4.64. The van der Waals surface area contributed by atoms with Crippen LogP contribution in [0.3, 0.4) is 0 Å². The highest BCUT2D eigenvalue weighted by Gasteiger charge is 2.09. The number of hydrogen-bond acceptors (Lipinski definition) is 2. The molecule has 20 heavy (non-hydrogen) atoms. The van der Waals surface area contributed by atoms with E-state index in [1.165, 1.54) is 16.7 Å². The average Bonchev–Trinajstić information content (AvgIpc) is 3.00. The van der Waals surface area contributed by atoms with Gasteiger partial charge < -0.3 is 0 Å². The second-order valence-electron chi connectivity index (χ2n) is 4.94. The van der Waals surface area contributed by atoms with Crippen LogP contribution < -0.4 is 0 Å². The van der Waals surface area contributed by atoms with Gasteiger partial charge in [-0.15, -0.1) is 0 Å². The Kier molecular flexibility index (Phi) is 3.33. The van der Waals surface area contributed by atoms with Crippen LogP contribution in [0.4, 0.5) is 0 Å². The monoisotopic (exact) mass is 263 g/mol. The van der Waals surface area contributed by atoms with Crippen molar-refractivity contribution < 1.29 is 0 Å². The minimum atomic E-state index is 0.952. The molecule has 3 heteroatoms. The van der Waals surface area contributed by atoms with Gasteiger partial charge in [-0.25, -0.2) is 0 Å². The zero-order valence-electron chi connectivity index (χ0n) is 11.7. The number of nitrogens with zero attached hydrogens (tertiary/aromatic N) is 2. The van der Waals surface area contributed by atoms with Crippen molar-refractivity contribution in [2.45, 2.75) is 20.3 Å². The van der Waals surface area contributed by atoms with Crippen molar-refractivity contribution in [2.75, 3.05) is 0 Å². The van der Waals surface area contributed by atoms with Crippen LogP contribution in [0.5, 0.6) is 0 Å². The van der Waals surface area contributed by atoms with Crippen molar-refractivity contribution in [3.8, 4) is 22.4 Å². The van der Waals surface area contributed by atoms with E-state index < -0.39 is 0 Å². The molecule has 0 spiro atoms. The molecule has 3 nitrogen and oxygen atoms in total. The Morgan fingerprint density at radius 2 is 1.95 bits per heavy atom. The summed E-state index contributed by atoms with van der Waals surface area (Å²) in [4.78, 5) is 4.64. The second kappa shape index (κ2) is 5.29. The van der Waals surface area contributed by atoms with Gasteiger partial charge in [-0.3, -0.25) is 10.1 Å². The normalized spacial score (nSPS) is 10.7. The second-order valence-corrected chi connectivity index (χ2v) is 4.94. The fraction of sp³-hybridized carbons (Fsp3) is 0.176. The van der Waals surface area contributed by atoms with Gasteiger partial charge in [-0.1, -0.05) is 36.8 Å². The van der Waals surface area contributed by atoms with Crippen molar-refractivity contribution in [3.05, 3.63) is 60.0 Å². The van der Waals surface area contributed by atoms with E-state index in [0.717, 1.165) is 23.2 Å². The maximum Gasteiger partial charge on any atom is 0.0765 e. The van der Waals surface area contributed by atoms with Crippen LogP contribution in [0.1, 0.15) is 18.1 Å². The standard InChI is InChI=1S/C17H17N3/c1-3-13-8-15(14-6-4-5-12(2)7-14)9-18-17(13)16-10-19-20-11-16/h4-11H,3H2,1-2H3,(H,19,20). The number of H-pyrrole nitrogens is 1. The molecular weight excluding hydrogens is 246 g/mol. The third-order valence-corrected chi connectivity index (χ3v) is 3.47. The molecule has 0 unspecified atom stereocenters. The molecule has 0 amide bonds. The highest BCUT2D eigenvalue weighted by molar-refractivity contribution is 5.69. The first-order chi connectivity index (χ1) is 9.78. The Bertz CT molecular complexity index is 715. The van der Waals surface area contributed by atoms with Crippen LogP contribution in [0.25, 0.3) is 22.4 Å². The van der Waals surface area contributed by atoms with E-state index in [1.807, 2.05) is 18.6 Å². The zero-order valence-corrected chi connectivity index (χ0v) is 11.7. The lowest BCUT2D eigenvalue weighted by Crippen LogP contribution is -1.93. The minimum absolute atomic E-state index is 0.952. The molecule has 0 saturated carbocycles. The third-order valence-electron chi connectivity index (χ3n) is 3.47. The largest absolute Gasteiger partial charge is 0.285 e. The van der Waals surface area contributed by atoms with Crippen molar-refractivity contribution in [2.24, 2.45) is 0 Å². The maximum atomic E-state index is 4.64. The topological polar surface area (TPSA) is 41.6 Å².